The highest BCUT2D eigenvalue weighted by atomic mass is 16.5. The molecule has 5 nitrogen and oxygen atoms in total. The Morgan fingerprint density at radius 3 is 3.21 bits per heavy atom. The number of Topliss-reactive ketones (excluding diaryl/α,β-unsaturated/α-hetero) is 1. The van der Waals surface area contributed by atoms with E-state index in [1.807, 2.05) is 0 Å². The van der Waals surface area contributed by atoms with E-state index < -0.39 is 0 Å². The number of carbonyl (C=O) groups is 1. The van der Waals surface area contributed by atoms with E-state index in [2.05, 4.69) is 16.9 Å². The molecule has 0 N–H and O–H groups in total. The van der Waals surface area contributed by atoms with Crippen LogP contribution in [-0.4, -0.2) is 34.5 Å². The third kappa shape index (κ3) is 2.50. The molecule has 14 heavy (non-hydrogen) atoms. The summed E-state index contributed by atoms with van der Waals surface area (Å²) in [5.41, 5.74) is 0.480. The SMILES string of the molecule is C=CCCn1nncc1C(=O)COC. The largest absolute Gasteiger partial charge is 0.376 e. The predicted octanol–water partition coefficient (Wildman–Crippen LogP) is 0.683. The molecular formula is C9H13N3O2. The fourth-order valence-corrected chi connectivity index (χ4v) is 1.06. The number of methoxy groups -OCH3 is 1. The number of hydrogen-bond acceptors (Lipinski definition) is 4. The van der Waals surface area contributed by atoms with Crippen LogP contribution in [0.3, 0.4) is 0 Å². The van der Waals surface area contributed by atoms with Crippen LogP contribution in [0, 0.1) is 0 Å². The Kier molecular flexibility index (Phi) is 4.00. The van der Waals surface area contributed by atoms with E-state index in [1.54, 1.807) is 10.8 Å². The molecular weight excluding hydrogens is 182 g/mol. The summed E-state index contributed by atoms with van der Waals surface area (Å²) >= 11 is 0. The lowest BCUT2D eigenvalue weighted by Gasteiger charge is -2.02. The highest BCUT2D eigenvalue weighted by molar-refractivity contribution is 5.95. The van der Waals surface area contributed by atoms with Gasteiger partial charge in [0, 0.05) is 13.7 Å². The zero-order chi connectivity index (χ0) is 10.4. The monoisotopic (exact) mass is 195 g/mol. The minimum Gasteiger partial charge on any atom is -0.376 e. The third-order valence-electron chi connectivity index (χ3n) is 1.72. The van der Waals surface area contributed by atoms with Crippen molar-refractivity contribution in [1.82, 2.24) is 15.0 Å². The van der Waals surface area contributed by atoms with Crippen LogP contribution in [0.25, 0.3) is 0 Å². The maximum atomic E-state index is 11.4. The van der Waals surface area contributed by atoms with Gasteiger partial charge in [0.15, 0.2) is 0 Å². The first-order chi connectivity index (χ1) is 6.79. The molecule has 0 amide bonds. The van der Waals surface area contributed by atoms with Gasteiger partial charge in [0.2, 0.25) is 5.78 Å². The molecule has 0 aliphatic carbocycles. The van der Waals surface area contributed by atoms with Crippen molar-refractivity contribution in [3.63, 3.8) is 0 Å². The van der Waals surface area contributed by atoms with Crippen molar-refractivity contribution >= 4 is 5.78 Å². The van der Waals surface area contributed by atoms with Crippen LogP contribution in [-0.2, 0) is 11.3 Å². The van der Waals surface area contributed by atoms with Crippen molar-refractivity contribution in [3.8, 4) is 0 Å². The van der Waals surface area contributed by atoms with Crippen LogP contribution in [0.5, 0.6) is 0 Å². The van der Waals surface area contributed by atoms with E-state index >= 15 is 0 Å². The summed E-state index contributed by atoms with van der Waals surface area (Å²) in [6.07, 6.45) is 3.98. The molecule has 0 unspecified atom stereocenters. The molecule has 0 aliphatic heterocycles. The average molecular weight is 195 g/mol. The molecule has 1 rings (SSSR count). The van der Waals surface area contributed by atoms with Crippen LogP contribution in [0.2, 0.25) is 0 Å². The lowest BCUT2D eigenvalue weighted by Crippen LogP contribution is -2.14. The molecule has 1 heterocycles. The molecule has 0 atom stereocenters. The second-order valence-corrected chi connectivity index (χ2v) is 2.78. The summed E-state index contributed by atoms with van der Waals surface area (Å²) in [5, 5.41) is 7.48. The fraction of sp³-hybridized carbons (Fsp3) is 0.444. The Hall–Kier alpha value is -1.49. The van der Waals surface area contributed by atoms with E-state index in [9.17, 15) is 4.79 Å². The highest BCUT2D eigenvalue weighted by Gasteiger charge is 2.11. The lowest BCUT2D eigenvalue weighted by molar-refractivity contribution is 0.0837. The van der Waals surface area contributed by atoms with Gasteiger partial charge in [0.05, 0.1) is 6.20 Å². The van der Waals surface area contributed by atoms with Crippen LogP contribution < -0.4 is 0 Å². The number of hydrogen-bond donors (Lipinski definition) is 0. The Balaban J connectivity index is 2.70. The molecule has 0 fully saturated rings. The zero-order valence-electron chi connectivity index (χ0n) is 8.14. The topological polar surface area (TPSA) is 57.0 Å². The third-order valence-corrected chi connectivity index (χ3v) is 1.72. The van der Waals surface area contributed by atoms with Gasteiger partial charge in [0.1, 0.15) is 12.3 Å². The maximum absolute atomic E-state index is 11.4. The van der Waals surface area contributed by atoms with Crippen molar-refractivity contribution < 1.29 is 9.53 Å². The molecule has 0 aliphatic rings. The quantitative estimate of drug-likeness (QED) is 0.495. The maximum Gasteiger partial charge on any atom is 0.208 e. The lowest BCUT2D eigenvalue weighted by atomic mass is 10.3. The molecule has 76 valence electrons. The minimum absolute atomic E-state index is 0.0570. The van der Waals surface area contributed by atoms with Gasteiger partial charge >= 0.3 is 0 Å². The molecule has 0 bridgehead atoms. The van der Waals surface area contributed by atoms with Crippen molar-refractivity contribution in [2.75, 3.05) is 13.7 Å². The number of rotatable bonds is 6. The highest BCUT2D eigenvalue weighted by Crippen LogP contribution is 2.00. The summed E-state index contributed by atoms with van der Waals surface area (Å²) < 4.78 is 6.31. The van der Waals surface area contributed by atoms with E-state index in [-0.39, 0.29) is 12.4 Å². The molecule has 0 saturated heterocycles. The van der Waals surface area contributed by atoms with Gasteiger partial charge in [-0.1, -0.05) is 11.3 Å². The normalized spacial score (nSPS) is 10.1. The van der Waals surface area contributed by atoms with E-state index in [4.69, 9.17) is 4.74 Å². The molecule has 0 saturated carbocycles. The van der Waals surface area contributed by atoms with Crippen molar-refractivity contribution in [2.24, 2.45) is 0 Å². The van der Waals surface area contributed by atoms with E-state index in [0.29, 0.717) is 12.2 Å². The number of ketones is 1. The van der Waals surface area contributed by atoms with Gasteiger partial charge in [0.25, 0.3) is 0 Å². The molecule has 0 radical (unpaired) electrons. The first kappa shape index (κ1) is 10.6. The van der Waals surface area contributed by atoms with Crippen molar-refractivity contribution in [2.45, 2.75) is 13.0 Å². The Labute approximate surface area is 82.4 Å². The van der Waals surface area contributed by atoms with Crippen LogP contribution in [0.4, 0.5) is 0 Å². The second-order valence-electron chi connectivity index (χ2n) is 2.78. The van der Waals surface area contributed by atoms with Crippen LogP contribution in [0.15, 0.2) is 18.9 Å². The van der Waals surface area contributed by atoms with Gasteiger partial charge in [-0.05, 0) is 6.42 Å². The van der Waals surface area contributed by atoms with E-state index in [1.165, 1.54) is 13.3 Å². The summed E-state index contributed by atoms with van der Waals surface area (Å²) in [6, 6.07) is 0. The first-order valence-corrected chi connectivity index (χ1v) is 4.31. The van der Waals surface area contributed by atoms with E-state index in [0.717, 1.165) is 6.42 Å². The molecule has 1 aromatic rings. The van der Waals surface area contributed by atoms with Gasteiger partial charge in [-0.2, -0.15) is 0 Å². The van der Waals surface area contributed by atoms with Gasteiger partial charge in [-0.15, -0.1) is 11.7 Å². The van der Waals surface area contributed by atoms with Crippen molar-refractivity contribution in [1.29, 1.82) is 0 Å². The number of allylic oxidation sites excluding steroid dienone is 1. The Morgan fingerprint density at radius 1 is 1.79 bits per heavy atom. The molecule has 0 aromatic carbocycles. The fourth-order valence-electron chi connectivity index (χ4n) is 1.06. The number of ether oxygens (including phenoxy) is 1. The molecule has 1 aromatic heterocycles. The van der Waals surface area contributed by atoms with Crippen LogP contribution in [0.1, 0.15) is 16.9 Å². The van der Waals surface area contributed by atoms with Crippen molar-refractivity contribution in [3.05, 3.63) is 24.5 Å². The number of carbonyl (C=O) groups excluding carboxylic acids is 1. The smallest absolute Gasteiger partial charge is 0.208 e. The zero-order valence-corrected chi connectivity index (χ0v) is 8.14. The average Bonchev–Trinajstić information content (AvgIpc) is 2.63. The summed E-state index contributed by atoms with van der Waals surface area (Å²) in [6.45, 7) is 4.28. The molecule has 0 spiro atoms. The Morgan fingerprint density at radius 2 is 2.57 bits per heavy atom. The molecule has 5 heteroatoms. The predicted molar refractivity (Wildman–Crippen MR) is 51.0 cm³/mol. The second kappa shape index (κ2) is 5.29. The van der Waals surface area contributed by atoms with Gasteiger partial charge in [-0.25, -0.2) is 4.68 Å². The number of aromatic nitrogens is 3. The summed E-state index contributed by atoms with van der Waals surface area (Å²) in [4.78, 5) is 11.4. The van der Waals surface area contributed by atoms with Gasteiger partial charge in [-0.3, -0.25) is 4.79 Å². The Bertz CT molecular complexity index is 320. The summed E-state index contributed by atoms with van der Waals surface area (Å²) in [7, 11) is 1.48. The minimum atomic E-state index is -0.110. The number of nitrogens with zero attached hydrogens (tertiary/aromatic N) is 3. The number of aryl methyl sites for hydroxylation is 1. The standard InChI is InChI=1S/C9H13N3O2/c1-3-4-5-12-8(6-10-11-12)9(13)7-14-2/h3,6H,1,4-5,7H2,2H3. The summed E-state index contributed by atoms with van der Waals surface area (Å²) in [5.74, 6) is -0.110. The first-order valence-electron chi connectivity index (χ1n) is 4.31. The van der Waals surface area contributed by atoms with Gasteiger partial charge < -0.3 is 4.74 Å². The van der Waals surface area contributed by atoms with Crippen LogP contribution >= 0.6 is 0 Å².